The van der Waals surface area contributed by atoms with Crippen molar-refractivity contribution in [1.82, 2.24) is 20.2 Å². The normalized spacial score (nSPS) is 14.9. The highest BCUT2D eigenvalue weighted by atomic mass is 32.2. The lowest BCUT2D eigenvalue weighted by atomic mass is 9.97. The summed E-state index contributed by atoms with van der Waals surface area (Å²) >= 11 is 0. The van der Waals surface area contributed by atoms with E-state index in [9.17, 15) is 21.6 Å². The Kier molecular flexibility index (Phi) is 7.87. The Morgan fingerprint density at radius 1 is 0.919 bits per heavy atom. The number of hydrogen-bond acceptors (Lipinski definition) is 9. The quantitative estimate of drug-likeness (QED) is 0.284. The first kappa shape index (κ1) is 26.7. The van der Waals surface area contributed by atoms with Crippen LogP contribution < -0.4 is 15.1 Å². The first-order chi connectivity index (χ1) is 17.6. The van der Waals surface area contributed by atoms with E-state index in [0.717, 1.165) is 30.2 Å². The van der Waals surface area contributed by atoms with Gasteiger partial charge < -0.3 is 4.90 Å². The lowest BCUT2D eigenvalue weighted by Crippen LogP contribution is -2.39. The second kappa shape index (κ2) is 10.9. The van der Waals surface area contributed by atoms with Crippen LogP contribution in [-0.2, 0) is 19.9 Å². The van der Waals surface area contributed by atoms with E-state index in [2.05, 4.69) is 14.7 Å². The van der Waals surface area contributed by atoms with Crippen molar-refractivity contribution >= 4 is 31.7 Å². The molecule has 0 unspecified atom stereocenters. The molecule has 1 aliphatic rings. The van der Waals surface area contributed by atoms with Crippen molar-refractivity contribution in [2.75, 3.05) is 30.8 Å². The lowest BCUT2D eigenvalue weighted by molar-refractivity contribution is 0.0705. The van der Waals surface area contributed by atoms with Crippen molar-refractivity contribution in [3.8, 4) is 11.1 Å². The topological polar surface area (TPSA) is 159 Å². The number of carbonyl (C=O) groups is 1. The number of hydroxylamine groups is 1. The molecule has 3 aromatic rings. The molecule has 1 fully saturated rings. The Hall–Kier alpha value is -3.39. The summed E-state index contributed by atoms with van der Waals surface area (Å²) in [6, 6.07) is 12.9. The average Bonchev–Trinajstić information content (AvgIpc) is 2.91. The van der Waals surface area contributed by atoms with Gasteiger partial charge in [-0.15, -0.1) is 0 Å². The molecule has 0 atom stereocenters. The highest BCUT2D eigenvalue weighted by molar-refractivity contribution is 7.90. The Balaban J connectivity index is 1.31. The summed E-state index contributed by atoms with van der Waals surface area (Å²) in [4.78, 5) is 22.1. The zero-order valence-corrected chi connectivity index (χ0v) is 21.7. The molecule has 13 heteroatoms. The first-order valence-electron chi connectivity index (χ1n) is 11.5. The van der Waals surface area contributed by atoms with Crippen LogP contribution in [0, 0.1) is 5.92 Å². The molecule has 0 spiro atoms. The Morgan fingerprint density at radius 3 is 1.92 bits per heavy atom. The van der Waals surface area contributed by atoms with Gasteiger partial charge in [0.25, 0.3) is 5.91 Å². The number of rotatable bonds is 8. The van der Waals surface area contributed by atoms with Gasteiger partial charge in [-0.3, -0.25) is 10.0 Å². The van der Waals surface area contributed by atoms with Crippen LogP contribution in [-0.4, -0.2) is 63.8 Å². The molecule has 2 aromatic carbocycles. The van der Waals surface area contributed by atoms with Crippen LogP contribution in [0.15, 0.2) is 70.7 Å². The molecule has 0 radical (unpaired) electrons. The summed E-state index contributed by atoms with van der Waals surface area (Å²) in [5.74, 6) is -0.0619. The fraction of sp³-hybridized carbons (Fsp3) is 0.292. The minimum Gasteiger partial charge on any atom is -0.341 e. The van der Waals surface area contributed by atoms with Crippen molar-refractivity contribution in [1.29, 1.82) is 0 Å². The molecule has 3 N–H and O–H groups in total. The maximum absolute atomic E-state index is 12.8. The van der Waals surface area contributed by atoms with Crippen LogP contribution in [0.1, 0.15) is 23.2 Å². The Bertz CT molecular complexity index is 1450. The van der Waals surface area contributed by atoms with Gasteiger partial charge in [0.1, 0.15) is 0 Å². The molecule has 1 saturated heterocycles. The third-order valence-electron chi connectivity index (χ3n) is 6.24. The van der Waals surface area contributed by atoms with Crippen LogP contribution >= 0.6 is 0 Å². The summed E-state index contributed by atoms with van der Waals surface area (Å²) in [7, 11) is -6.98. The van der Waals surface area contributed by atoms with E-state index >= 15 is 0 Å². The smallest absolute Gasteiger partial charge is 0.277 e. The maximum Gasteiger partial charge on any atom is 0.277 e. The predicted octanol–water partition coefficient (Wildman–Crippen LogP) is 1.86. The third kappa shape index (κ3) is 6.49. The van der Waals surface area contributed by atoms with Crippen molar-refractivity contribution in [3.63, 3.8) is 0 Å². The van der Waals surface area contributed by atoms with Crippen molar-refractivity contribution in [2.24, 2.45) is 5.92 Å². The largest absolute Gasteiger partial charge is 0.341 e. The van der Waals surface area contributed by atoms with Gasteiger partial charge in [-0.05, 0) is 54.2 Å². The fourth-order valence-corrected chi connectivity index (χ4v) is 5.78. The van der Waals surface area contributed by atoms with Gasteiger partial charge in [0.2, 0.25) is 16.0 Å². The van der Waals surface area contributed by atoms with Gasteiger partial charge in [-0.1, -0.05) is 24.3 Å². The zero-order chi connectivity index (χ0) is 26.6. The van der Waals surface area contributed by atoms with E-state index in [4.69, 9.17) is 5.21 Å². The van der Waals surface area contributed by atoms with Crippen molar-refractivity contribution in [3.05, 3.63) is 66.5 Å². The highest BCUT2D eigenvalue weighted by Gasteiger charge is 2.23. The summed E-state index contributed by atoms with van der Waals surface area (Å²) in [6.07, 6.45) is 5.31. The fourth-order valence-electron chi connectivity index (χ4n) is 4.04. The van der Waals surface area contributed by atoms with Crippen molar-refractivity contribution < 1.29 is 26.8 Å². The molecule has 2 heterocycles. The second-order valence-corrected chi connectivity index (χ2v) is 12.6. The minimum atomic E-state index is -3.69. The number of amides is 1. The van der Waals surface area contributed by atoms with Crippen LogP contribution in [0.3, 0.4) is 0 Å². The van der Waals surface area contributed by atoms with E-state index in [-0.39, 0.29) is 21.3 Å². The molecule has 196 valence electrons. The SMILES string of the molecule is CS(=O)(=O)c1ccc(-c2ccc(S(=O)(=O)NCC3CCN(c4ncc(C(=O)NO)cn4)CC3)cc2)cc1. The molecule has 37 heavy (non-hydrogen) atoms. The van der Waals surface area contributed by atoms with E-state index in [0.29, 0.717) is 25.6 Å². The van der Waals surface area contributed by atoms with E-state index in [1.807, 2.05) is 4.90 Å². The molecule has 4 rings (SSSR count). The number of hydrogen-bond donors (Lipinski definition) is 3. The van der Waals surface area contributed by atoms with Gasteiger partial charge in [-0.25, -0.2) is 37.0 Å². The molecular formula is C24H27N5O6S2. The highest BCUT2D eigenvalue weighted by Crippen LogP contribution is 2.24. The number of nitrogens with zero attached hydrogens (tertiary/aromatic N) is 3. The molecule has 0 saturated carbocycles. The lowest BCUT2D eigenvalue weighted by Gasteiger charge is -2.32. The molecular weight excluding hydrogens is 518 g/mol. The molecule has 1 aliphatic heterocycles. The molecule has 11 nitrogen and oxygen atoms in total. The van der Waals surface area contributed by atoms with Crippen LogP contribution in [0.5, 0.6) is 0 Å². The summed E-state index contributed by atoms with van der Waals surface area (Å²) in [5, 5.41) is 8.67. The van der Waals surface area contributed by atoms with E-state index in [1.165, 1.54) is 42.1 Å². The maximum atomic E-state index is 12.8. The summed E-state index contributed by atoms with van der Waals surface area (Å²) < 4.78 is 51.6. The number of carbonyl (C=O) groups excluding carboxylic acids is 1. The van der Waals surface area contributed by atoms with Gasteiger partial charge in [0.15, 0.2) is 9.84 Å². The van der Waals surface area contributed by atoms with Gasteiger partial charge >= 0.3 is 0 Å². The number of sulfone groups is 1. The summed E-state index contributed by atoms with van der Waals surface area (Å²) in [6.45, 7) is 1.59. The minimum absolute atomic E-state index is 0.147. The predicted molar refractivity (Wildman–Crippen MR) is 136 cm³/mol. The molecule has 1 aromatic heterocycles. The molecule has 0 bridgehead atoms. The Morgan fingerprint density at radius 2 is 1.43 bits per heavy atom. The van der Waals surface area contributed by atoms with Crippen molar-refractivity contribution in [2.45, 2.75) is 22.6 Å². The van der Waals surface area contributed by atoms with Gasteiger partial charge in [0, 0.05) is 38.3 Å². The van der Waals surface area contributed by atoms with E-state index in [1.54, 1.807) is 24.3 Å². The number of piperidine rings is 1. The number of benzene rings is 2. The zero-order valence-electron chi connectivity index (χ0n) is 20.0. The number of anilines is 1. The first-order valence-corrected chi connectivity index (χ1v) is 14.9. The Labute approximate surface area is 215 Å². The third-order valence-corrected chi connectivity index (χ3v) is 8.81. The van der Waals surface area contributed by atoms with Gasteiger partial charge in [0.05, 0.1) is 15.4 Å². The average molecular weight is 546 g/mol. The van der Waals surface area contributed by atoms with Crippen LogP contribution in [0.2, 0.25) is 0 Å². The second-order valence-electron chi connectivity index (χ2n) is 8.82. The molecule has 0 aliphatic carbocycles. The standard InChI is InChI=1S/C24H27N5O6S2/c1-36(32,33)21-6-2-18(3-7-21)19-4-8-22(9-5-19)37(34,35)27-14-17-10-12-29(13-11-17)24-25-15-20(16-26-24)23(30)28-31/h2-9,15-17,27,31H,10-14H2,1H3,(H,28,30). The number of aromatic nitrogens is 2. The van der Waals surface area contributed by atoms with Gasteiger partial charge in [-0.2, -0.15) is 0 Å². The van der Waals surface area contributed by atoms with Crippen LogP contribution in [0.4, 0.5) is 5.95 Å². The summed E-state index contributed by atoms with van der Waals surface area (Å²) in [5.41, 5.74) is 3.24. The monoisotopic (exact) mass is 545 g/mol. The van der Waals surface area contributed by atoms with Crippen LogP contribution in [0.25, 0.3) is 11.1 Å². The van der Waals surface area contributed by atoms with E-state index < -0.39 is 25.8 Å². The number of sulfonamides is 1. The number of nitrogens with one attached hydrogen (secondary N) is 2. The molecule has 1 amide bonds.